The number of amides is 1. The molecule has 0 bridgehead atoms. The summed E-state index contributed by atoms with van der Waals surface area (Å²) in [5, 5.41) is 16.7. The van der Waals surface area contributed by atoms with E-state index >= 15 is 0 Å². The van der Waals surface area contributed by atoms with Gasteiger partial charge in [-0.2, -0.15) is 9.61 Å². The summed E-state index contributed by atoms with van der Waals surface area (Å²) in [5.74, 6) is 2.05. The fourth-order valence-electron chi connectivity index (χ4n) is 3.23. The molecule has 0 aliphatic carbocycles. The number of hydrogen-bond acceptors (Lipinski definition) is 8. The summed E-state index contributed by atoms with van der Waals surface area (Å²) in [6, 6.07) is 9.18. The van der Waals surface area contributed by atoms with Crippen molar-refractivity contribution in [1.29, 1.82) is 0 Å². The van der Waals surface area contributed by atoms with Gasteiger partial charge in [0.15, 0.2) is 23.0 Å². The van der Waals surface area contributed by atoms with Crippen LogP contribution in [0, 0.1) is 0 Å². The van der Waals surface area contributed by atoms with Gasteiger partial charge in [-0.1, -0.05) is 11.8 Å². The second-order valence-corrected chi connectivity index (χ2v) is 7.76. The third-order valence-electron chi connectivity index (χ3n) is 4.78. The Morgan fingerprint density at radius 2 is 2.10 bits per heavy atom. The zero-order chi connectivity index (χ0) is 20.9. The number of carbonyl (C=O) groups excluding carboxylic acids is 1. The normalized spacial score (nSPS) is 16.0. The van der Waals surface area contributed by atoms with Gasteiger partial charge in [-0.05, 0) is 43.2 Å². The standard InChI is InChI=1S/C20H23N5O4S/c1-27-15-6-5-13(10-16(15)28-2)20-23-22-17-7-8-19(24-25(17)20)30-12-18(26)21-11-14-4-3-9-29-14/h5-8,10,14H,3-4,9,11-12H2,1-2H3,(H,21,26). The number of methoxy groups -OCH3 is 2. The lowest BCUT2D eigenvalue weighted by atomic mass is 10.2. The van der Waals surface area contributed by atoms with E-state index in [0.717, 1.165) is 25.0 Å². The fraction of sp³-hybridized carbons (Fsp3) is 0.400. The Labute approximate surface area is 178 Å². The average Bonchev–Trinajstić information content (AvgIpc) is 3.45. The molecule has 1 fully saturated rings. The van der Waals surface area contributed by atoms with E-state index < -0.39 is 0 Å². The number of nitrogens with one attached hydrogen (secondary N) is 1. The molecule has 4 rings (SSSR count). The lowest BCUT2D eigenvalue weighted by Gasteiger charge is -2.10. The lowest BCUT2D eigenvalue weighted by Crippen LogP contribution is -2.32. The van der Waals surface area contributed by atoms with Gasteiger partial charge in [0, 0.05) is 18.7 Å². The SMILES string of the molecule is COc1ccc(-c2nnc3ccc(SCC(=O)NCC4CCCO4)nn23)cc1OC. The van der Waals surface area contributed by atoms with E-state index in [1.54, 1.807) is 18.7 Å². The van der Waals surface area contributed by atoms with Crippen LogP contribution in [-0.2, 0) is 9.53 Å². The highest BCUT2D eigenvalue weighted by Gasteiger charge is 2.17. The number of rotatable bonds is 8. The molecule has 1 atom stereocenters. The molecule has 1 aliphatic rings. The Morgan fingerprint density at radius 3 is 2.87 bits per heavy atom. The van der Waals surface area contributed by atoms with Crippen LogP contribution in [0.4, 0.5) is 0 Å². The Bertz CT molecular complexity index is 1040. The van der Waals surface area contributed by atoms with Gasteiger partial charge < -0.3 is 19.5 Å². The van der Waals surface area contributed by atoms with Gasteiger partial charge in [-0.3, -0.25) is 4.79 Å². The van der Waals surface area contributed by atoms with E-state index in [2.05, 4.69) is 20.6 Å². The number of hydrogen-bond donors (Lipinski definition) is 1. The maximum absolute atomic E-state index is 12.1. The quantitative estimate of drug-likeness (QED) is 0.544. The van der Waals surface area contributed by atoms with Crippen molar-refractivity contribution < 1.29 is 19.0 Å². The molecule has 0 radical (unpaired) electrons. The van der Waals surface area contributed by atoms with Crippen molar-refractivity contribution in [2.24, 2.45) is 0 Å². The number of fused-ring (bicyclic) bond motifs is 1. The summed E-state index contributed by atoms with van der Waals surface area (Å²) in [6.45, 7) is 1.33. The molecule has 158 valence electrons. The number of nitrogens with zero attached hydrogens (tertiary/aromatic N) is 4. The van der Waals surface area contributed by atoms with Gasteiger partial charge in [-0.15, -0.1) is 10.2 Å². The van der Waals surface area contributed by atoms with E-state index in [1.807, 2.05) is 30.3 Å². The highest BCUT2D eigenvalue weighted by Crippen LogP contribution is 2.31. The number of ether oxygens (including phenoxy) is 3. The summed E-state index contributed by atoms with van der Waals surface area (Å²) in [4.78, 5) is 12.1. The Hall–Kier alpha value is -2.85. The largest absolute Gasteiger partial charge is 0.493 e. The van der Waals surface area contributed by atoms with E-state index in [-0.39, 0.29) is 17.8 Å². The maximum Gasteiger partial charge on any atom is 0.230 e. The van der Waals surface area contributed by atoms with Gasteiger partial charge >= 0.3 is 0 Å². The Morgan fingerprint density at radius 1 is 1.23 bits per heavy atom. The predicted molar refractivity (Wildman–Crippen MR) is 112 cm³/mol. The van der Waals surface area contributed by atoms with Crippen LogP contribution in [0.5, 0.6) is 11.5 Å². The van der Waals surface area contributed by atoms with Crippen molar-refractivity contribution in [1.82, 2.24) is 25.1 Å². The summed E-state index contributed by atoms with van der Waals surface area (Å²) in [5.41, 5.74) is 1.41. The van der Waals surface area contributed by atoms with Crippen LogP contribution in [0.3, 0.4) is 0 Å². The molecular formula is C20H23N5O4S. The number of thioether (sulfide) groups is 1. The van der Waals surface area contributed by atoms with Crippen molar-refractivity contribution in [3.05, 3.63) is 30.3 Å². The Balaban J connectivity index is 1.47. The first-order valence-corrected chi connectivity index (χ1v) is 10.6. The van der Waals surface area contributed by atoms with E-state index in [0.29, 0.717) is 34.5 Å². The monoisotopic (exact) mass is 429 g/mol. The lowest BCUT2D eigenvalue weighted by molar-refractivity contribution is -0.119. The molecule has 10 heteroatoms. The zero-order valence-electron chi connectivity index (χ0n) is 16.8. The van der Waals surface area contributed by atoms with E-state index in [1.165, 1.54) is 11.8 Å². The molecule has 30 heavy (non-hydrogen) atoms. The third kappa shape index (κ3) is 4.49. The topological polar surface area (TPSA) is 99.9 Å². The highest BCUT2D eigenvalue weighted by molar-refractivity contribution is 7.99. The van der Waals surface area contributed by atoms with Crippen LogP contribution in [0.1, 0.15) is 12.8 Å². The van der Waals surface area contributed by atoms with Gasteiger partial charge in [0.05, 0.1) is 26.1 Å². The van der Waals surface area contributed by atoms with Crippen LogP contribution in [0.15, 0.2) is 35.4 Å². The van der Waals surface area contributed by atoms with E-state index in [9.17, 15) is 4.79 Å². The van der Waals surface area contributed by atoms with Crippen molar-refractivity contribution in [2.75, 3.05) is 33.1 Å². The van der Waals surface area contributed by atoms with Crippen molar-refractivity contribution >= 4 is 23.3 Å². The van der Waals surface area contributed by atoms with Gasteiger partial charge in [0.1, 0.15) is 5.03 Å². The average molecular weight is 430 g/mol. The summed E-state index contributed by atoms with van der Waals surface area (Å²) >= 11 is 1.36. The first kappa shape index (κ1) is 20.4. The van der Waals surface area contributed by atoms with Gasteiger partial charge in [-0.25, -0.2) is 0 Å². The molecule has 1 aliphatic heterocycles. The first-order chi connectivity index (χ1) is 14.7. The summed E-state index contributed by atoms with van der Waals surface area (Å²) in [7, 11) is 3.17. The smallest absolute Gasteiger partial charge is 0.230 e. The molecule has 3 aromatic rings. The van der Waals surface area contributed by atoms with Crippen LogP contribution >= 0.6 is 11.8 Å². The number of benzene rings is 1. The molecule has 1 aromatic carbocycles. The van der Waals surface area contributed by atoms with E-state index in [4.69, 9.17) is 14.2 Å². The Kier molecular flexibility index (Phi) is 6.34. The number of aromatic nitrogens is 4. The first-order valence-electron chi connectivity index (χ1n) is 9.64. The molecule has 1 amide bonds. The minimum absolute atomic E-state index is 0.0405. The molecule has 2 aromatic heterocycles. The van der Waals surface area contributed by atoms with Crippen LogP contribution in [-0.4, -0.2) is 64.9 Å². The van der Waals surface area contributed by atoms with Crippen LogP contribution in [0.2, 0.25) is 0 Å². The summed E-state index contributed by atoms with van der Waals surface area (Å²) in [6.07, 6.45) is 2.19. The minimum atomic E-state index is -0.0405. The van der Waals surface area contributed by atoms with Crippen molar-refractivity contribution in [3.8, 4) is 22.9 Å². The molecular weight excluding hydrogens is 406 g/mol. The molecule has 0 saturated carbocycles. The maximum atomic E-state index is 12.1. The zero-order valence-corrected chi connectivity index (χ0v) is 17.6. The van der Waals surface area contributed by atoms with Crippen LogP contribution < -0.4 is 14.8 Å². The van der Waals surface area contributed by atoms with Gasteiger partial charge in [0.2, 0.25) is 5.91 Å². The van der Waals surface area contributed by atoms with Crippen molar-refractivity contribution in [2.45, 2.75) is 24.0 Å². The van der Waals surface area contributed by atoms with Crippen LogP contribution in [0.25, 0.3) is 17.0 Å². The predicted octanol–water partition coefficient (Wildman–Crippen LogP) is 2.20. The van der Waals surface area contributed by atoms with Crippen molar-refractivity contribution in [3.63, 3.8) is 0 Å². The minimum Gasteiger partial charge on any atom is -0.493 e. The fourth-order valence-corrected chi connectivity index (χ4v) is 3.91. The van der Waals surface area contributed by atoms with Gasteiger partial charge in [0.25, 0.3) is 0 Å². The molecule has 1 saturated heterocycles. The molecule has 3 heterocycles. The highest BCUT2D eigenvalue weighted by atomic mass is 32.2. The second kappa shape index (κ2) is 9.31. The molecule has 9 nitrogen and oxygen atoms in total. The summed E-state index contributed by atoms with van der Waals surface area (Å²) < 4.78 is 17.8. The third-order valence-corrected chi connectivity index (χ3v) is 5.70. The molecule has 1 N–H and O–H groups in total. The molecule has 1 unspecified atom stereocenters. The molecule has 0 spiro atoms. The number of carbonyl (C=O) groups is 1. The second-order valence-electron chi connectivity index (χ2n) is 6.76.